The van der Waals surface area contributed by atoms with Crippen molar-refractivity contribution in [3.05, 3.63) is 34.1 Å². The van der Waals surface area contributed by atoms with Crippen LogP contribution in [-0.2, 0) is 11.2 Å². The first-order valence-electron chi connectivity index (χ1n) is 4.53. The van der Waals surface area contributed by atoms with Crippen LogP contribution in [0.2, 0.25) is 0 Å². The van der Waals surface area contributed by atoms with Crippen LogP contribution in [0.4, 0.5) is 4.39 Å². The fourth-order valence-electron chi connectivity index (χ4n) is 1.19. The normalized spacial score (nSPS) is 12.5. The van der Waals surface area contributed by atoms with E-state index in [9.17, 15) is 9.18 Å². The van der Waals surface area contributed by atoms with Crippen molar-refractivity contribution in [3.63, 3.8) is 0 Å². The summed E-state index contributed by atoms with van der Waals surface area (Å²) < 4.78 is 13.6. The molecular weight excluding hydrogens is 247 g/mol. The van der Waals surface area contributed by atoms with Crippen LogP contribution in [0.5, 0.6) is 0 Å². The van der Waals surface area contributed by atoms with Gasteiger partial charge >= 0.3 is 0 Å². The number of hydrogen-bond acceptors (Lipinski definition) is 1. The molecule has 0 N–H and O–H groups in total. The molecule has 1 atom stereocenters. The number of halogens is 2. The van der Waals surface area contributed by atoms with Gasteiger partial charge in [0.25, 0.3) is 0 Å². The monoisotopic (exact) mass is 258 g/mol. The predicted molar refractivity (Wildman–Crippen MR) is 57.6 cm³/mol. The number of benzene rings is 1. The number of carbonyl (C=O) groups excluding carboxylic acids is 1. The van der Waals surface area contributed by atoms with Crippen LogP contribution in [0.1, 0.15) is 18.9 Å². The lowest BCUT2D eigenvalue weighted by molar-refractivity contribution is -0.110. The zero-order chi connectivity index (χ0) is 10.6. The standard InChI is InChI=1S/C11H12BrFO/c1-8(7-14)5-6-9-3-2-4-10(13)11(9)12/h2-4,7-8H,5-6H2,1H3. The zero-order valence-corrected chi connectivity index (χ0v) is 9.55. The highest BCUT2D eigenvalue weighted by Gasteiger charge is 2.06. The molecule has 0 heterocycles. The van der Waals surface area contributed by atoms with Crippen molar-refractivity contribution in [3.8, 4) is 0 Å². The summed E-state index contributed by atoms with van der Waals surface area (Å²) in [6.07, 6.45) is 2.40. The summed E-state index contributed by atoms with van der Waals surface area (Å²) in [5, 5.41) is 0. The van der Waals surface area contributed by atoms with Gasteiger partial charge in [-0.05, 0) is 40.4 Å². The molecule has 0 aliphatic rings. The van der Waals surface area contributed by atoms with E-state index in [4.69, 9.17) is 0 Å². The summed E-state index contributed by atoms with van der Waals surface area (Å²) in [6, 6.07) is 4.96. The molecule has 0 saturated carbocycles. The third kappa shape index (κ3) is 2.91. The molecule has 0 spiro atoms. The van der Waals surface area contributed by atoms with Gasteiger partial charge < -0.3 is 4.79 Å². The molecule has 1 nitrogen and oxygen atoms in total. The highest BCUT2D eigenvalue weighted by Crippen LogP contribution is 2.22. The zero-order valence-electron chi connectivity index (χ0n) is 7.97. The van der Waals surface area contributed by atoms with Gasteiger partial charge in [-0.15, -0.1) is 0 Å². The van der Waals surface area contributed by atoms with E-state index in [1.54, 1.807) is 6.07 Å². The van der Waals surface area contributed by atoms with Gasteiger partial charge in [-0.1, -0.05) is 19.1 Å². The lowest BCUT2D eigenvalue weighted by Crippen LogP contribution is -1.99. The molecule has 1 aromatic rings. The molecule has 1 aromatic carbocycles. The van der Waals surface area contributed by atoms with E-state index in [2.05, 4.69) is 15.9 Å². The lowest BCUT2D eigenvalue weighted by atomic mass is 10.0. The van der Waals surface area contributed by atoms with Crippen molar-refractivity contribution < 1.29 is 9.18 Å². The summed E-state index contributed by atoms with van der Waals surface area (Å²) in [4.78, 5) is 10.4. The number of aryl methyl sites for hydroxylation is 1. The highest BCUT2D eigenvalue weighted by molar-refractivity contribution is 9.10. The van der Waals surface area contributed by atoms with Crippen molar-refractivity contribution in [1.29, 1.82) is 0 Å². The van der Waals surface area contributed by atoms with Crippen LogP contribution in [0.15, 0.2) is 22.7 Å². The largest absolute Gasteiger partial charge is 0.303 e. The Morgan fingerprint density at radius 3 is 2.93 bits per heavy atom. The molecule has 0 aromatic heterocycles. The molecule has 76 valence electrons. The molecule has 0 aliphatic heterocycles. The van der Waals surface area contributed by atoms with Gasteiger partial charge in [0.05, 0.1) is 4.47 Å². The highest BCUT2D eigenvalue weighted by atomic mass is 79.9. The number of aldehydes is 1. The second-order valence-corrected chi connectivity index (χ2v) is 4.16. The molecule has 0 saturated heterocycles. The van der Waals surface area contributed by atoms with E-state index in [1.807, 2.05) is 13.0 Å². The third-order valence-electron chi connectivity index (χ3n) is 2.13. The minimum Gasteiger partial charge on any atom is -0.303 e. The van der Waals surface area contributed by atoms with E-state index in [-0.39, 0.29) is 11.7 Å². The SMILES string of the molecule is CC(C=O)CCc1cccc(F)c1Br. The molecule has 0 radical (unpaired) electrons. The topological polar surface area (TPSA) is 17.1 Å². The van der Waals surface area contributed by atoms with Crippen LogP contribution < -0.4 is 0 Å². The van der Waals surface area contributed by atoms with Gasteiger partial charge in [-0.25, -0.2) is 4.39 Å². The molecule has 0 fully saturated rings. The van der Waals surface area contributed by atoms with E-state index in [0.717, 1.165) is 24.7 Å². The Bertz CT molecular complexity index is 325. The molecule has 0 amide bonds. The smallest absolute Gasteiger partial charge is 0.137 e. The maximum absolute atomic E-state index is 13.1. The Labute approximate surface area is 91.5 Å². The van der Waals surface area contributed by atoms with Gasteiger partial charge in [0.15, 0.2) is 0 Å². The fraction of sp³-hybridized carbons (Fsp3) is 0.364. The molecule has 14 heavy (non-hydrogen) atoms. The second-order valence-electron chi connectivity index (χ2n) is 3.36. The Balaban J connectivity index is 2.67. The van der Waals surface area contributed by atoms with Crippen molar-refractivity contribution >= 4 is 22.2 Å². The number of carbonyl (C=O) groups is 1. The van der Waals surface area contributed by atoms with Crippen LogP contribution in [0.25, 0.3) is 0 Å². The van der Waals surface area contributed by atoms with Crippen molar-refractivity contribution in [2.45, 2.75) is 19.8 Å². The Morgan fingerprint density at radius 2 is 2.29 bits per heavy atom. The van der Waals surface area contributed by atoms with E-state index < -0.39 is 0 Å². The van der Waals surface area contributed by atoms with Crippen LogP contribution in [0.3, 0.4) is 0 Å². The maximum atomic E-state index is 13.1. The minimum absolute atomic E-state index is 0.0326. The minimum atomic E-state index is -0.249. The fourth-order valence-corrected chi connectivity index (χ4v) is 1.66. The van der Waals surface area contributed by atoms with Gasteiger partial charge in [-0.2, -0.15) is 0 Å². The van der Waals surface area contributed by atoms with Crippen LogP contribution in [0, 0.1) is 11.7 Å². The first kappa shape index (κ1) is 11.4. The average molecular weight is 259 g/mol. The molecule has 1 unspecified atom stereocenters. The maximum Gasteiger partial charge on any atom is 0.137 e. The molecule has 0 bridgehead atoms. The summed E-state index contributed by atoms with van der Waals surface area (Å²) in [5.41, 5.74) is 0.915. The van der Waals surface area contributed by atoms with Crippen molar-refractivity contribution in [2.24, 2.45) is 5.92 Å². The first-order valence-corrected chi connectivity index (χ1v) is 5.32. The average Bonchev–Trinajstić information content (AvgIpc) is 2.20. The van der Waals surface area contributed by atoms with E-state index >= 15 is 0 Å². The lowest BCUT2D eigenvalue weighted by Gasteiger charge is -2.06. The summed E-state index contributed by atoms with van der Waals surface area (Å²) in [5.74, 6) is -0.216. The molecule has 3 heteroatoms. The van der Waals surface area contributed by atoms with Crippen molar-refractivity contribution in [2.75, 3.05) is 0 Å². The van der Waals surface area contributed by atoms with Gasteiger partial charge in [0.1, 0.15) is 12.1 Å². The molecule has 0 aliphatic carbocycles. The summed E-state index contributed by atoms with van der Waals surface area (Å²) >= 11 is 3.19. The quantitative estimate of drug-likeness (QED) is 0.758. The number of hydrogen-bond donors (Lipinski definition) is 0. The predicted octanol–water partition coefficient (Wildman–Crippen LogP) is 3.36. The molecular formula is C11H12BrFO. The van der Waals surface area contributed by atoms with E-state index in [0.29, 0.717) is 4.47 Å². The number of rotatable bonds is 4. The van der Waals surface area contributed by atoms with Crippen LogP contribution in [-0.4, -0.2) is 6.29 Å². The van der Waals surface area contributed by atoms with Gasteiger partial charge in [0.2, 0.25) is 0 Å². The van der Waals surface area contributed by atoms with Gasteiger partial charge in [-0.3, -0.25) is 0 Å². The van der Waals surface area contributed by atoms with Crippen LogP contribution >= 0.6 is 15.9 Å². The Hall–Kier alpha value is -0.700. The Morgan fingerprint density at radius 1 is 1.57 bits per heavy atom. The third-order valence-corrected chi connectivity index (χ3v) is 3.02. The summed E-state index contributed by atoms with van der Waals surface area (Å²) in [7, 11) is 0. The molecule has 1 rings (SSSR count). The van der Waals surface area contributed by atoms with E-state index in [1.165, 1.54) is 6.07 Å². The summed E-state index contributed by atoms with van der Waals surface area (Å²) in [6.45, 7) is 1.86. The van der Waals surface area contributed by atoms with Gasteiger partial charge in [0, 0.05) is 5.92 Å². The Kier molecular flexibility index (Phi) is 4.26. The first-order chi connectivity index (χ1) is 6.65. The second kappa shape index (κ2) is 5.25. The van der Waals surface area contributed by atoms with Crippen molar-refractivity contribution in [1.82, 2.24) is 0 Å².